The van der Waals surface area contributed by atoms with Crippen molar-refractivity contribution in [3.8, 4) is 0 Å². The van der Waals surface area contributed by atoms with Gasteiger partial charge in [-0.25, -0.2) is 4.57 Å². The fraction of sp³-hybridized carbons (Fsp3) is 0.920. The van der Waals surface area contributed by atoms with Crippen LogP contribution in [-0.2, 0) is 23.1 Å². The second kappa shape index (κ2) is 24.8. The van der Waals surface area contributed by atoms with E-state index in [2.05, 4.69) is 24.4 Å². The molecule has 0 aliphatic heterocycles. The lowest BCUT2D eigenvalue weighted by atomic mass is 10.1. The largest absolute Gasteiger partial charge is 0.472 e. The van der Waals surface area contributed by atoms with Crippen LogP contribution in [0, 0.1) is 0 Å². The SMILES string of the molecule is CCCCCCCC/C=C/CCCCCCCCOCC(COP(=O)(O)OCCNC)OC. The standard InChI is InChI=1S/C25H52NO6P/c1-4-5-6-7-8-9-10-11-12-13-14-15-16-17-18-19-21-30-23-25(29-3)24-32-33(27,28)31-22-20-26-2/h11-12,25-26H,4-10,13-24H2,1-3H3,(H,27,28)/b12-11+. The smallest absolute Gasteiger partial charge is 0.379 e. The van der Waals surface area contributed by atoms with Crippen LogP contribution in [0.4, 0.5) is 0 Å². The Hall–Kier alpha value is -0.270. The second-order valence-corrected chi connectivity index (χ2v) is 10.0. The van der Waals surface area contributed by atoms with Gasteiger partial charge in [-0.15, -0.1) is 0 Å². The number of rotatable bonds is 26. The Morgan fingerprint density at radius 1 is 0.818 bits per heavy atom. The zero-order valence-electron chi connectivity index (χ0n) is 21.6. The van der Waals surface area contributed by atoms with Crippen LogP contribution in [0.15, 0.2) is 12.2 Å². The number of methoxy groups -OCH3 is 1. The molecule has 0 aromatic heterocycles. The second-order valence-electron chi connectivity index (χ2n) is 8.57. The van der Waals surface area contributed by atoms with E-state index in [4.69, 9.17) is 18.5 Å². The highest BCUT2D eigenvalue weighted by Crippen LogP contribution is 2.43. The number of nitrogens with one attached hydrogen (secondary N) is 1. The molecule has 0 saturated heterocycles. The van der Waals surface area contributed by atoms with Gasteiger partial charge in [-0.1, -0.05) is 76.9 Å². The van der Waals surface area contributed by atoms with Gasteiger partial charge >= 0.3 is 7.82 Å². The Labute approximate surface area is 203 Å². The Bertz CT molecular complexity index is 478. The normalized spacial score (nSPS) is 14.7. The van der Waals surface area contributed by atoms with Crippen LogP contribution in [0.2, 0.25) is 0 Å². The van der Waals surface area contributed by atoms with E-state index in [1.165, 1.54) is 84.2 Å². The van der Waals surface area contributed by atoms with E-state index in [0.29, 0.717) is 19.8 Å². The van der Waals surface area contributed by atoms with Gasteiger partial charge in [-0.2, -0.15) is 0 Å². The van der Waals surface area contributed by atoms with Crippen molar-refractivity contribution in [2.24, 2.45) is 0 Å². The lowest BCUT2D eigenvalue weighted by molar-refractivity contribution is -0.0220. The highest BCUT2D eigenvalue weighted by atomic mass is 31.2. The van der Waals surface area contributed by atoms with Gasteiger partial charge in [0, 0.05) is 20.3 Å². The van der Waals surface area contributed by atoms with Crippen molar-refractivity contribution in [2.45, 2.75) is 103 Å². The number of likely N-dealkylation sites (N-methyl/N-ethyl adjacent to an activating group) is 1. The van der Waals surface area contributed by atoms with Gasteiger partial charge in [0.1, 0.15) is 6.10 Å². The molecule has 2 N–H and O–H groups in total. The van der Waals surface area contributed by atoms with Gasteiger partial charge in [0.25, 0.3) is 0 Å². The Morgan fingerprint density at radius 3 is 1.97 bits per heavy atom. The molecule has 8 heteroatoms. The molecule has 33 heavy (non-hydrogen) atoms. The molecule has 0 aromatic carbocycles. The summed E-state index contributed by atoms with van der Waals surface area (Å²) in [5.74, 6) is 0. The molecule has 7 nitrogen and oxygen atoms in total. The van der Waals surface area contributed by atoms with Gasteiger partial charge in [0.15, 0.2) is 0 Å². The highest BCUT2D eigenvalue weighted by Gasteiger charge is 2.23. The van der Waals surface area contributed by atoms with Crippen molar-refractivity contribution in [3.63, 3.8) is 0 Å². The van der Waals surface area contributed by atoms with Gasteiger partial charge in [0.2, 0.25) is 0 Å². The van der Waals surface area contributed by atoms with E-state index in [1.807, 2.05) is 0 Å². The summed E-state index contributed by atoms with van der Waals surface area (Å²) in [7, 11) is -0.776. The quantitative estimate of drug-likeness (QED) is 0.0818. The molecule has 2 atom stereocenters. The number of phosphoric ester groups is 1. The van der Waals surface area contributed by atoms with Crippen LogP contribution in [0.5, 0.6) is 0 Å². The first-order chi connectivity index (χ1) is 16.1. The lowest BCUT2D eigenvalue weighted by Gasteiger charge is -2.18. The van der Waals surface area contributed by atoms with E-state index in [0.717, 1.165) is 12.8 Å². The molecule has 198 valence electrons. The molecule has 0 aliphatic carbocycles. The number of unbranched alkanes of at least 4 members (excludes halogenated alkanes) is 12. The first-order valence-electron chi connectivity index (χ1n) is 13.1. The van der Waals surface area contributed by atoms with Crippen LogP contribution in [0.1, 0.15) is 96.8 Å². The number of hydrogen-bond acceptors (Lipinski definition) is 6. The number of hydrogen-bond donors (Lipinski definition) is 2. The zero-order valence-corrected chi connectivity index (χ0v) is 22.5. The Kier molecular flexibility index (Phi) is 24.6. The van der Waals surface area contributed by atoms with Crippen molar-refractivity contribution in [3.05, 3.63) is 12.2 Å². The number of allylic oxidation sites excluding steroid dienone is 2. The van der Waals surface area contributed by atoms with Gasteiger partial charge in [-0.3, -0.25) is 9.05 Å². The molecule has 0 saturated carbocycles. The number of ether oxygens (including phenoxy) is 2. The van der Waals surface area contributed by atoms with E-state index < -0.39 is 13.9 Å². The molecule has 0 rings (SSSR count). The van der Waals surface area contributed by atoms with Crippen LogP contribution in [0.3, 0.4) is 0 Å². The Balaban J connectivity index is 3.46. The molecule has 0 fully saturated rings. The minimum atomic E-state index is -4.05. The molecule has 0 aromatic rings. The van der Waals surface area contributed by atoms with E-state index in [-0.39, 0.29) is 13.2 Å². The molecule has 0 bridgehead atoms. The van der Waals surface area contributed by atoms with Gasteiger partial charge in [0.05, 0.1) is 19.8 Å². The predicted octanol–water partition coefficient (Wildman–Crippen LogP) is 6.41. The van der Waals surface area contributed by atoms with E-state index in [9.17, 15) is 9.46 Å². The highest BCUT2D eigenvalue weighted by molar-refractivity contribution is 7.47. The van der Waals surface area contributed by atoms with Crippen molar-refractivity contribution >= 4 is 7.82 Å². The fourth-order valence-corrected chi connectivity index (χ4v) is 4.08. The average Bonchev–Trinajstić information content (AvgIpc) is 2.80. The maximum absolute atomic E-state index is 11.7. The summed E-state index contributed by atoms with van der Waals surface area (Å²) in [5.41, 5.74) is 0. The maximum atomic E-state index is 11.7. The Morgan fingerprint density at radius 2 is 1.39 bits per heavy atom. The number of phosphoric acid groups is 1. The summed E-state index contributed by atoms with van der Waals surface area (Å²) in [6.45, 7) is 3.79. The molecule has 0 spiro atoms. The molecule has 0 amide bonds. The fourth-order valence-electron chi connectivity index (χ4n) is 3.33. The third kappa shape index (κ3) is 24.7. The molecular weight excluding hydrogens is 441 g/mol. The first-order valence-corrected chi connectivity index (χ1v) is 14.6. The summed E-state index contributed by atoms with van der Waals surface area (Å²) in [6, 6.07) is 0. The van der Waals surface area contributed by atoms with Crippen LogP contribution in [0.25, 0.3) is 0 Å². The van der Waals surface area contributed by atoms with Gasteiger partial charge in [-0.05, 0) is 39.2 Å². The first kappa shape index (κ1) is 32.7. The minimum absolute atomic E-state index is 0.0444. The molecule has 0 heterocycles. The average molecular weight is 494 g/mol. The maximum Gasteiger partial charge on any atom is 0.472 e. The summed E-state index contributed by atoms with van der Waals surface area (Å²) in [5, 5.41) is 2.83. The van der Waals surface area contributed by atoms with Crippen LogP contribution < -0.4 is 5.32 Å². The van der Waals surface area contributed by atoms with Crippen molar-refractivity contribution in [1.29, 1.82) is 0 Å². The zero-order chi connectivity index (χ0) is 24.5. The minimum Gasteiger partial charge on any atom is -0.379 e. The third-order valence-electron chi connectivity index (χ3n) is 5.47. The summed E-state index contributed by atoms with van der Waals surface area (Å²) < 4.78 is 32.4. The molecule has 0 radical (unpaired) electrons. The molecule has 0 aliphatic rings. The van der Waals surface area contributed by atoms with Crippen LogP contribution >= 0.6 is 7.82 Å². The van der Waals surface area contributed by atoms with Crippen molar-refractivity contribution < 1.29 is 28.0 Å². The topological polar surface area (TPSA) is 86.3 Å². The predicted molar refractivity (Wildman–Crippen MR) is 137 cm³/mol. The van der Waals surface area contributed by atoms with E-state index >= 15 is 0 Å². The molecule has 2 unspecified atom stereocenters. The van der Waals surface area contributed by atoms with Crippen molar-refractivity contribution in [1.82, 2.24) is 5.32 Å². The molecular formula is C25H52NO6P. The van der Waals surface area contributed by atoms with E-state index in [1.54, 1.807) is 7.05 Å². The summed E-state index contributed by atoms with van der Waals surface area (Å²) >= 11 is 0. The third-order valence-corrected chi connectivity index (χ3v) is 6.45. The summed E-state index contributed by atoms with van der Waals surface area (Å²) in [6.07, 6.45) is 22.3. The van der Waals surface area contributed by atoms with Crippen molar-refractivity contribution in [2.75, 3.05) is 47.1 Å². The monoisotopic (exact) mass is 493 g/mol. The summed E-state index contributed by atoms with van der Waals surface area (Å²) in [4.78, 5) is 9.60. The van der Waals surface area contributed by atoms with Gasteiger partial charge < -0.3 is 19.7 Å². The van der Waals surface area contributed by atoms with Crippen LogP contribution in [-0.4, -0.2) is 58.1 Å². The lowest BCUT2D eigenvalue weighted by Crippen LogP contribution is -2.24.